The maximum atomic E-state index is 12.0. The Kier molecular flexibility index (Phi) is 5.16. The third-order valence-corrected chi connectivity index (χ3v) is 3.67. The summed E-state index contributed by atoms with van der Waals surface area (Å²) in [5, 5.41) is 4.53. The predicted molar refractivity (Wildman–Crippen MR) is 84.7 cm³/mol. The number of ether oxygens (including phenoxy) is 2. The lowest BCUT2D eigenvalue weighted by Crippen LogP contribution is -2.15. The van der Waals surface area contributed by atoms with Gasteiger partial charge in [-0.25, -0.2) is 14.3 Å². The van der Waals surface area contributed by atoms with Gasteiger partial charge in [0.1, 0.15) is 0 Å². The smallest absolute Gasteiger partial charge is 0.344 e. The Hall–Kier alpha value is -2.63. The third kappa shape index (κ3) is 3.59. The number of nitrogens with zero attached hydrogens (tertiary/aromatic N) is 2. The Morgan fingerprint density at radius 3 is 2.61 bits per heavy atom. The number of esters is 2. The minimum atomic E-state index is -0.597. The molecule has 23 heavy (non-hydrogen) atoms. The first-order valence-electron chi connectivity index (χ1n) is 7.37. The molecule has 0 unspecified atom stereocenters. The van der Waals surface area contributed by atoms with Crippen LogP contribution in [0.3, 0.4) is 0 Å². The van der Waals surface area contributed by atoms with Crippen molar-refractivity contribution in [1.29, 1.82) is 0 Å². The van der Waals surface area contributed by atoms with E-state index in [9.17, 15) is 9.59 Å². The molecule has 0 saturated carbocycles. The van der Waals surface area contributed by atoms with Gasteiger partial charge in [-0.3, -0.25) is 0 Å². The van der Waals surface area contributed by atoms with Crippen LogP contribution < -0.4 is 0 Å². The van der Waals surface area contributed by atoms with Gasteiger partial charge in [-0.1, -0.05) is 13.0 Å². The summed E-state index contributed by atoms with van der Waals surface area (Å²) in [5.74, 6) is -1.17. The Morgan fingerprint density at radius 2 is 2.00 bits per heavy atom. The summed E-state index contributed by atoms with van der Waals surface area (Å²) >= 11 is 0. The topological polar surface area (TPSA) is 70.4 Å². The molecule has 1 aromatic carbocycles. The van der Waals surface area contributed by atoms with Gasteiger partial charge in [0, 0.05) is 5.69 Å². The van der Waals surface area contributed by atoms with Crippen molar-refractivity contribution in [1.82, 2.24) is 9.78 Å². The molecule has 0 amide bonds. The SMILES string of the molecule is CCc1c(C)nn(-c2cccc(C(=O)OCC(=O)OC)c2)c1C. The normalized spacial score (nSPS) is 10.4. The minimum absolute atomic E-state index is 0.358. The van der Waals surface area contributed by atoms with Gasteiger partial charge in [0.2, 0.25) is 0 Å². The molecule has 0 aliphatic heterocycles. The Bertz CT molecular complexity index is 734. The molecule has 6 heteroatoms. The van der Waals surface area contributed by atoms with Crippen LogP contribution in [0.15, 0.2) is 24.3 Å². The molecule has 1 aromatic heterocycles. The number of hydrogen-bond donors (Lipinski definition) is 0. The largest absolute Gasteiger partial charge is 0.466 e. The highest BCUT2D eigenvalue weighted by molar-refractivity contribution is 5.91. The molecule has 0 atom stereocenters. The number of methoxy groups -OCH3 is 1. The summed E-state index contributed by atoms with van der Waals surface area (Å²) in [6.45, 7) is 5.65. The van der Waals surface area contributed by atoms with Crippen LogP contribution in [0, 0.1) is 13.8 Å². The van der Waals surface area contributed by atoms with Crippen LogP contribution in [0.1, 0.15) is 34.2 Å². The number of aryl methyl sites for hydroxylation is 1. The van der Waals surface area contributed by atoms with Gasteiger partial charge in [-0.05, 0) is 44.0 Å². The van der Waals surface area contributed by atoms with Crippen LogP contribution in [-0.2, 0) is 20.7 Å². The predicted octanol–water partition coefficient (Wildman–Crippen LogP) is 2.38. The molecule has 0 aliphatic rings. The number of benzene rings is 1. The van der Waals surface area contributed by atoms with Crippen molar-refractivity contribution in [3.8, 4) is 5.69 Å². The van der Waals surface area contributed by atoms with E-state index in [0.717, 1.165) is 23.5 Å². The number of rotatable bonds is 5. The summed E-state index contributed by atoms with van der Waals surface area (Å²) < 4.78 is 11.2. The summed E-state index contributed by atoms with van der Waals surface area (Å²) in [4.78, 5) is 23.0. The lowest BCUT2D eigenvalue weighted by Gasteiger charge is -2.08. The fraction of sp³-hybridized carbons (Fsp3) is 0.353. The third-order valence-electron chi connectivity index (χ3n) is 3.67. The van der Waals surface area contributed by atoms with Crippen LogP contribution >= 0.6 is 0 Å². The van der Waals surface area contributed by atoms with Crippen LogP contribution in [0.2, 0.25) is 0 Å². The van der Waals surface area contributed by atoms with Crippen LogP contribution in [0.4, 0.5) is 0 Å². The van der Waals surface area contributed by atoms with Gasteiger partial charge >= 0.3 is 11.9 Å². The highest BCUT2D eigenvalue weighted by Gasteiger charge is 2.14. The van der Waals surface area contributed by atoms with E-state index in [1.165, 1.54) is 12.7 Å². The zero-order valence-corrected chi connectivity index (χ0v) is 13.8. The number of hydrogen-bond acceptors (Lipinski definition) is 5. The molecule has 0 saturated heterocycles. The maximum absolute atomic E-state index is 12.0. The van der Waals surface area contributed by atoms with E-state index >= 15 is 0 Å². The van der Waals surface area contributed by atoms with E-state index in [4.69, 9.17) is 4.74 Å². The van der Waals surface area contributed by atoms with Crippen LogP contribution in [-0.4, -0.2) is 35.4 Å². The van der Waals surface area contributed by atoms with Crippen molar-refractivity contribution in [3.63, 3.8) is 0 Å². The fourth-order valence-electron chi connectivity index (χ4n) is 2.47. The molecule has 0 bridgehead atoms. The molecule has 2 aromatic rings. The molecule has 0 aliphatic carbocycles. The molecule has 6 nitrogen and oxygen atoms in total. The zero-order valence-electron chi connectivity index (χ0n) is 13.8. The quantitative estimate of drug-likeness (QED) is 0.792. The van der Waals surface area contributed by atoms with E-state index in [2.05, 4.69) is 16.8 Å². The van der Waals surface area contributed by atoms with Gasteiger partial charge in [-0.15, -0.1) is 0 Å². The lowest BCUT2D eigenvalue weighted by molar-refractivity contribution is -0.144. The first-order chi connectivity index (χ1) is 11.0. The highest BCUT2D eigenvalue weighted by Crippen LogP contribution is 2.19. The second-order valence-corrected chi connectivity index (χ2v) is 5.12. The van der Waals surface area contributed by atoms with E-state index in [1.807, 2.05) is 24.6 Å². The van der Waals surface area contributed by atoms with E-state index in [0.29, 0.717) is 5.56 Å². The van der Waals surface area contributed by atoms with Crippen molar-refractivity contribution in [2.45, 2.75) is 27.2 Å². The van der Waals surface area contributed by atoms with Crippen molar-refractivity contribution < 1.29 is 19.1 Å². The fourth-order valence-corrected chi connectivity index (χ4v) is 2.47. The molecule has 1 heterocycles. The molecule has 0 fully saturated rings. The molecule has 122 valence electrons. The molecule has 0 spiro atoms. The Morgan fingerprint density at radius 1 is 1.26 bits per heavy atom. The molecule has 2 rings (SSSR count). The summed E-state index contributed by atoms with van der Waals surface area (Å²) in [7, 11) is 1.24. The lowest BCUT2D eigenvalue weighted by atomic mass is 10.1. The van der Waals surface area contributed by atoms with E-state index < -0.39 is 18.5 Å². The van der Waals surface area contributed by atoms with Crippen molar-refractivity contribution >= 4 is 11.9 Å². The van der Waals surface area contributed by atoms with Crippen LogP contribution in [0.5, 0.6) is 0 Å². The average Bonchev–Trinajstić information content (AvgIpc) is 2.86. The summed E-state index contributed by atoms with van der Waals surface area (Å²) in [6, 6.07) is 6.95. The van der Waals surface area contributed by atoms with Gasteiger partial charge in [0.05, 0.1) is 24.1 Å². The number of carbonyl (C=O) groups is 2. The van der Waals surface area contributed by atoms with Crippen molar-refractivity contribution in [3.05, 3.63) is 46.8 Å². The van der Waals surface area contributed by atoms with Crippen molar-refractivity contribution in [2.75, 3.05) is 13.7 Å². The first kappa shape index (κ1) is 16.7. The minimum Gasteiger partial charge on any atom is -0.466 e. The van der Waals surface area contributed by atoms with Gasteiger partial charge < -0.3 is 9.47 Å². The summed E-state index contributed by atoms with van der Waals surface area (Å²) in [6.07, 6.45) is 0.901. The summed E-state index contributed by atoms with van der Waals surface area (Å²) in [5.41, 5.74) is 4.35. The standard InChI is InChI=1S/C17H20N2O4/c1-5-15-11(2)18-19(12(15)3)14-8-6-7-13(9-14)17(21)23-10-16(20)22-4/h6-9H,5,10H2,1-4H3. The van der Waals surface area contributed by atoms with Gasteiger partial charge in [-0.2, -0.15) is 5.10 Å². The average molecular weight is 316 g/mol. The second kappa shape index (κ2) is 7.09. The number of carbonyl (C=O) groups excluding carboxylic acids is 2. The molecular weight excluding hydrogens is 296 g/mol. The Balaban J connectivity index is 2.26. The van der Waals surface area contributed by atoms with E-state index in [1.54, 1.807) is 18.2 Å². The molecule has 0 N–H and O–H groups in total. The van der Waals surface area contributed by atoms with E-state index in [-0.39, 0.29) is 0 Å². The first-order valence-corrected chi connectivity index (χ1v) is 7.37. The maximum Gasteiger partial charge on any atom is 0.344 e. The zero-order chi connectivity index (χ0) is 17.0. The van der Waals surface area contributed by atoms with Gasteiger partial charge in [0.15, 0.2) is 6.61 Å². The second-order valence-electron chi connectivity index (χ2n) is 5.12. The van der Waals surface area contributed by atoms with Crippen molar-refractivity contribution in [2.24, 2.45) is 0 Å². The Labute approximate surface area is 135 Å². The molecule has 0 radical (unpaired) electrons. The highest BCUT2D eigenvalue weighted by atomic mass is 16.6. The molecular formula is C17H20N2O4. The monoisotopic (exact) mass is 316 g/mol. The van der Waals surface area contributed by atoms with Gasteiger partial charge in [0.25, 0.3) is 0 Å². The number of aromatic nitrogens is 2. The van der Waals surface area contributed by atoms with Crippen LogP contribution in [0.25, 0.3) is 5.69 Å².